The lowest BCUT2D eigenvalue weighted by atomic mass is 9.94. The Bertz CT molecular complexity index is 2750. The summed E-state index contributed by atoms with van der Waals surface area (Å²) in [7, 11) is 0. The molecule has 14 nitrogen and oxygen atoms in total. The van der Waals surface area contributed by atoms with Crippen molar-refractivity contribution in [1.29, 1.82) is 5.26 Å². The van der Waals surface area contributed by atoms with Crippen molar-refractivity contribution in [3.8, 4) is 6.07 Å². The highest BCUT2D eigenvalue weighted by Crippen LogP contribution is 2.34. The number of hydrogen-bond donors (Lipinski definition) is 4. The smallest absolute Gasteiger partial charge is 0.208 e. The first-order valence-corrected chi connectivity index (χ1v) is 22.0. The average Bonchev–Trinajstić information content (AvgIpc) is 4.09. The van der Waals surface area contributed by atoms with Crippen LogP contribution in [0, 0.1) is 31.1 Å². The van der Waals surface area contributed by atoms with Gasteiger partial charge in [0, 0.05) is 68.8 Å². The van der Waals surface area contributed by atoms with Gasteiger partial charge in [-0.15, -0.1) is 0 Å². The molecule has 2 aliphatic rings. The summed E-state index contributed by atoms with van der Waals surface area (Å²) in [6.45, 7) is 25.9. The van der Waals surface area contributed by atoms with E-state index in [1.165, 1.54) is 11.3 Å². The summed E-state index contributed by atoms with van der Waals surface area (Å²) in [5, 5.41) is 26.6. The molecule has 2 atom stereocenters. The highest BCUT2D eigenvalue weighted by Gasteiger charge is 2.29. The van der Waals surface area contributed by atoms with Crippen LogP contribution in [0.2, 0.25) is 0 Å². The van der Waals surface area contributed by atoms with Crippen LogP contribution in [0.5, 0.6) is 0 Å². The summed E-state index contributed by atoms with van der Waals surface area (Å²) in [6.07, 6.45) is 9.46. The molecule has 0 bridgehead atoms. The first-order valence-electron chi connectivity index (χ1n) is 22.0. The number of hydrogen-bond acceptors (Lipinski definition) is 10. The second-order valence-electron chi connectivity index (χ2n) is 16.8. The van der Waals surface area contributed by atoms with Crippen LogP contribution in [0.15, 0.2) is 68.3 Å². The van der Waals surface area contributed by atoms with Crippen molar-refractivity contribution in [1.82, 2.24) is 43.6 Å². The normalized spacial score (nSPS) is 17.7. The number of likely N-dealkylation sites (tertiary alicyclic amines) is 1. The van der Waals surface area contributed by atoms with Crippen LogP contribution in [0.25, 0.3) is 39.2 Å². The Morgan fingerprint density at radius 3 is 1.95 bits per heavy atom. The Hall–Kier alpha value is -6.59. The number of benzene rings is 2. The molecule has 14 heteroatoms. The van der Waals surface area contributed by atoms with E-state index < -0.39 is 0 Å². The maximum absolute atomic E-state index is 9.96. The van der Waals surface area contributed by atoms with Crippen LogP contribution < -0.4 is 22.1 Å². The van der Waals surface area contributed by atoms with Crippen molar-refractivity contribution in [2.24, 2.45) is 17.4 Å². The molecule has 0 aliphatic carbocycles. The monoisotopic (exact) mass is 833 g/mol. The fourth-order valence-corrected chi connectivity index (χ4v) is 9.39. The first kappa shape index (κ1) is 42.1. The van der Waals surface area contributed by atoms with Crippen LogP contribution >= 0.6 is 0 Å². The molecule has 0 amide bonds. The quantitative estimate of drug-likeness (QED) is 0.0912. The lowest BCUT2D eigenvalue weighted by molar-refractivity contribution is 0.215. The van der Waals surface area contributed by atoms with Crippen LogP contribution in [-0.4, -0.2) is 69.2 Å². The molecule has 6 aromatic rings. The third kappa shape index (κ3) is 8.50. The van der Waals surface area contributed by atoms with Gasteiger partial charge in [-0.2, -0.15) is 15.5 Å². The van der Waals surface area contributed by atoms with E-state index in [0.717, 1.165) is 132 Å². The van der Waals surface area contributed by atoms with Crippen molar-refractivity contribution >= 4 is 51.1 Å². The minimum absolute atomic E-state index is 0.0230. The second-order valence-corrected chi connectivity index (χ2v) is 16.8. The maximum Gasteiger partial charge on any atom is 0.208 e. The lowest BCUT2D eigenvalue weighted by Crippen LogP contribution is -2.34. The third-order valence-electron chi connectivity index (χ3n) is 12.5. The number of aromatic nitrogens is 8. The Morgan fingerprint density at radius 2 is 1.37 bits per heavy atom. The van der Waals surface area contributed by atoms with E-state index in [0.29, 0.717) is 37.0 Å². The predicted molar refractivity (Wildman–Crippen MR) is 251 cm³/mol. The molecule has 6 N–H and O–H groups in total. The van der Waals surface area contributed by atoms with Crippen LogP contribution in [0.4, 0.5) is 11.9 Å². The van der Waals surface area contributed by atoms with Gasteiger partial charge in [0.05, 0.1) is 56.8 Å². The molecule has 2 aliphatic heterocycles. The Morgan fingerprint density at radius 1 is 0.790 bits per heavy atom. The molecule has 8 rings (SSSR count). The molecule has 1 saturated heterocycles. The van der Waals surface area contributed by atoms with Gasteiger partial charge in [0.15, 0.2) is 0 Å². The van der Waals surface area contributed by atoms with Gasteiger partial charge in [-0.1, -0.05) is 31.9 Å². The number of rotatable bonds is 12. The molecular weight excluding hydrogens is 773 g/mol. The topological polar surface area (TPSA) is 174 Å². The zero-order chi connectivity index (χ0) is 43.7. The van der Waals surface area contributed by atoms with Crippen molar-refractivity contribution < 1.29 is 0 Å². The van der Waals surface area contributed by atoms with Gasteiger partial charge in [-0.05, 0) is 125 Å². The molecule has 0 spiro atoms. The van der Waals surface area contributed by atoms with Crippen LogP contribution in [-0.2, 0) is 45.4 Å². The minimum Gasteiger partial charge on any atom is -0.399 e. The number of allylic oxidation sites excluding steroid dienone is 2. The minimum atomic E-state index is 0.0230. The maximum atomic E-state index is 9.96. The van der Waals surface area contributed by atoms with Gasteiger partial charge >= 0.3 is 0 Å². The zero-order valence-corrected chi connectivity index (χ0v) is 36.7. The largest absolute Gasteiger partial charge is 0.399 e. The summed E-state index contributed by atoms with van der Waals surface area (Å²) in [6, 6.07) is 15.4. The van der Waals surface area contributed by atoms with Crippen molar-refractivity contribution in [2.75, 3.05) is 30.3 Å². The predicted octanol–water partition coefficient (Wildman–Crippen LogP) is 7.38. The van der Waals surface area contributed by atoms with Gasteiger partial charge in [-0.25, -0.2) is 9.97 Å². The average molecular weight is 833 g/mol. The molecule has 6 heterocycles. The number of nitrogens with zero attached hydrogens (tertiary/aromatic N) is 10. The van der Waals surface area contributed by atoms with Crippen molar-refractivity contribution in [3.63, 3.8) is 0 Å². The summed E-state index contributed by atoms with van der Waals surface area (Å²) >= 11 is 0. The van der Waals surface area contributed by atoms with E-state index in [-0.39, 0.29) is 12.0 Å². The number of nitrogens with two attached hydrogens (primary N) is 2. The molecule has 0 radical (unpaired) electrons. The summed E-state index contributed by atoms with van der Waals surface area (Å²) in [4.78, 5) is 13.0. The van der Waals surface area contributed by atoms with Crippen LogP contribution in [0.1, 0.15) is 78.1 Å². The molecule has 62 heavy (non-hydrogen) atoms. The summed E-state index contributed by atoms with van der Waals surface area (Å²) < 4.78 is 8.57. The third-order valence-corrected chi connectivity index (χ3v) is 12.5. The Kier molecular flexibility index (Phi) is 12.1. The van der Waals surface area contributed by atoms with E-state index in [1.807, 2.05) is 30.7 Å². The number of aryl methyl sites for hydroxylation is 6. The van der Waals surface area contributed by atoms with Gasteiger partial charge in [0.1, 0.15) is 0 Å². The molecule has 322 valence electrons. The second kappa shape index (κ2) is 17.8. The van der Waals surface area contributed by atoms with Crippen molar-refractivity contribution in [3.05, 3.63) is 113 Å². The Balaban J connectivity index is 1.24. The molecule has 4 aromatic heterocycles. The standard InChI is InChI=1S/C48H60N14/c1-8-61-41(22-30(3)56-61)16-18-52-47-54-42-26-38(32(5)50)24-36-12-14-40(58-21-17-35(28-49)29-58)15-13-37-25-39(33(6)51)27-43-46(37)60(20-11-10-19-59(47)45(36)42)48(55-43)53-34(7)44-23-31(4)57-62(44)9-2/h10-11,22-27,35,40H,5-9,12-21,29,50-51H2,1-4H3,(H,52,54)(H,53,55)/b11-10+. The molecule has 1 fully saturated rings. The molecular formula is C48H60N14. The van der Waals surface area contributed by atoms with E-state index >= 15 is 0 Å². The number of anilines is 2. The van der Waals surface area contributed by atoms with E-state index in [4.69, 9.17) is 21.4 Å². The number of imidazole rings is 2. The van der Waals surface area contributed by atoms with Crippen LogP contribution in [0.3, 0.4) is 0 Å². The highest BCUT2D eigenvalue weighted by molar-refractivity contribution is 5.88. The fourth-order valence-electron chi connectivity index (χ4n) is 9.39. The summed E-state index contributed by atoms with van der Waals surface area (Å²) in [5.41, 5.74) is 26.5. The molecule has 0 saturated carbocycles. The van der Waals surface area contributed by atoms with Crippen molar-refractivity contribution in [2.45, 2.75) is 98.4 Å². The molecule has 2 aromatic carbocycles. The van der Waals surface area contributed by atoms with Gasteiger partial charge < -0.3 is 31.2 Å². The van der Waals surface area contributed by atoms with Gasteiger partial charge in [-0.3, -0.25) is 14.3 Å². The van der Waals surface area contributed by atoms with E-state index in [2.05, 4.69) is 116 Å². The SMILES string of the molecule is C=C(N)c1cc2c3c(c1)nc(NCCc1cc(C)nn1CC)n3C/C=C/Cn1c(NC(=C)c3cc(C)nn3CC)nc3cc(C(=C)N)cc(c31)CCC(N1CCC(C#N)C1)CC2. The zero-order valence-electron chi connectivity index (χ0n) is 36.7. The summed E-state index contributed by atoms with van der Waals surface area (Å²) in [5.74, 6) is 1.51. The van der Waals surface area contributed by atoms with E-state index in [1.54, 1.807) is 0 Å². The number of nitrogens with one attached hydrogen (secondary N) is 2. The van der Waals surface area contributed by atoms with E-state index in [9.17, 15) is 5.26 Å². The highest BCUT2D eigenvalue weighted by atomic mass is 15.3. The Labute approximate surface area is 364 Å². The fraction of sp³-hybridized carbons (Fsp3) is 0.396. The molecule has 2 unspecified atom stereocenters. The number of nitriles is 1. The van der Waals surface area contributed by atoms with Gasteiger partial charge in [0.2, 0.25) is 11.9 Å². The lowest BCUT2D eigenvalue weighted by Gasteiger charge is -2.28. The van der Waals surface area contributed by atoms with Gasteiger partial charge in [0.25, 0.3) is 0 Å². The first-order chi connectivity index (χ1) is 29.9.